The van der Waals surface area contributed by atoms with Crippen molar-refractivity contribution in [2.24, 2.45) is 46.3 Å². The minimum atomic E-state index is 0.0681. The van der Waals surface area contributed by atoms with E-state index in [1.165, 1.54) is 64.2 Å². The van der Waals surface area contributed by atoms with Gasteiger partial charge in [0.15, 0.2) is 0 Å². The van der Waals surface area contributed by atoms with Gasteiger partial charge in [0, 0.05) is 24.7 Å². The second-order valence-corrected chi connectivity index (χ2v) is 13.1. The molecule has 5 fully saturated rings. The van der Waals surface area contributed by atoms with Crippen molar-refractivity contribution in [1.82, 2.24) is 0 Å². The van der Waals surface area contributed by atoms with E-state index in [1.54, 1.807) is 0 Å². The van der Waals surface area contributed by atoms with Gasteiger partial charge in [-0.15, -0.1) is 0 Å². The largest absolute Gasteiger partial charge is 0.462 e. The lowest BCUT2D eigenvalue weighted by Gasteiger charge is -2.60. The first-order valence-corrected chi connectivity index (χ1v) is 14.0. The Kier molecular flexibility index (Phi) is 6.25. The summed E-state index contributed by atoms with van der Waals surface area (Å²) in [6, 6.07) is 0. The van der Waals surface area contributed by atoms with Gasteiger partial charge in [-0.1, -0.05) is 52.9 Å². The summed E-state index contributed by atoms with van der Waals surface area (Å²) >= 11 is 0. The highest BCUT2D eigenvalue weighted by Crippen LogP contribution is 2.66. The van der Waals surface area contributed by atoms with E-state index in [2.05, 4.69) is 20.8 Å². The number of fused-ring (bicyclic) bond motifs is 5. The molecule has 32 heavy (non-hydrogen) atoms. The van der Waals surface area contributed by atoms with Crippen molar-refractivity contribution in [2.45, 2.75) is 123 Å². The number of ketones is 1. The standard InChI is InChI=1S/C29H46O3/c1-19(20-7-5-4-6-8-20)17-27(31)32-26-12-11-24-23-10-9-21-18-22(30)13-15-28(21,2)25(23)14-16-29(24,26)3/h19-21,23-26H,4-18H2,1-3H3/t19?,21?,23-,24-,25-,26-,28-,29-/m0/s1. The highest BCUT2D eigenvalue weighted by atomic mass is 16.5. The summed E-state index contributed by atoms with van der Waals surface area (Å²) in [5.74, 6) is 4.61. The minimum Gasteiger partial charge on any atom is -0.462 e. The Morgan fingerprint density at radius 1 is 0.938 bits per heavy atom. The Bertz CT molecular complexity index is 724. The van der Waals surface area contributed by atoms with Gasteiger partial charge < -0.3 is 4.74 Å². The van der Waals surface area contributed by atoms with E-state index in [0.717, 1.165) is 43.4 Å². The Morgan fingerprint density at radius 3 is 2.47 bits per heavy atom. The molecule has 180 valence electrons. The van der Waals surface area contributed by atoms with Crippen LogP contribution < -0.4 is 0 Å². The molecule has 0 aromatic heterocycles. The molecular weight excluding hydrogens is 396 g/mol. The molecule has 0 saturated heterocycles. The third-order valence-corrected chi connectivity index (χ3v) is 11.6. The van der Waals surface area contributed by atoms with E-state index >= 15 is 0 Å². The van der Waals surface area contributed by atoms with Crippen molar-refractivity contribution in [3.05, 3.63) is 0 Å². The van der Waals surface area contributed by atoms with Crippen LogP contribution in [0.2, 0.25) is 0 Å². The van der Waals surface area contributed by atoms with Crippen molar-refractivity contribution in [1.29, 1.82) is 0 Å². The van der Waals surface area contributed by atoms with Gasteiger partial charge in [-0.2, -0.15) is 0 Å². The number of rotatable bonds is 4. The summed E-state index contributed by atoms with van der Waals surface area (Å²) in [6.45, 7) is 7.24. The van der Waals surface area contributed by atoms with Crippen LogP contribution >= 0.6 is 0 Å². The van der Waals surface area contributed by atoms with Crippen LogP contribution in [-0.4, -0.2) is 17.9 Å². The molecule has 5 rings (SSSR count). The summed E-state index contributed by atoms with van der Waals surface area (Å²) < 4.78 is 6.29. The zero-order chi connectivity index (χ0) is 22.5. The van der Waals surface area contributed by atoms with Crippen LogP contribution in [0.5, 0.6) is 0 Å². The Hall–Kier alpha value is -0.860. The van der Waals surface area contributed by atoms with E-state index in [-0.39, 0.29) is 17.5 Å². The van der Waals surface area contributed by atoms with Gasteiger partial charge in [-0.05, 0) is 85.9 Å². The van der Waals surface area contributed by atoms with Gasteiger partial charge in [0.2, 0.25) is 0 Å². The van der Waals surface area contributed by atoms with Gasteiger partial charge in [0.1, 0.15) is 11.9 Å². The molecule has 0 aromatic rings. The average Bonchev–Trinajstić information content (AvgIpc) is 3.11. The second kappa shape index (κ2) is 8.73. The van der Waals surface area contributed by atoms with E-state index in [9.17, 15) is 9.59 Å². The molecule has 0 N–H and O–H groups in total. The zero-order valence-corrected chi connectivity index (χ0v) is 20.9. The third kappa shape index (κ3) is 3.88. The molecular formula is C29H46O3. The van der Waals surface area contributed by atoms with Crippen LogP contribution in [0.25, 0.3) is 0 Å². The van der Waals surface area contributed by atoms with E-state index in [0.29, 0.717) is 35.4 Å². The predicted octanol–water partition coefficient (Wildman–Crippen LogP) is 7.12. The van der Waals surface area contributed by atoms with Gasteiger partial charge >= 0.3 is 5.97 Å². The molecule has 3 heteroatoms. The van der Waals surface area contributed by atoms with Gasteiger partial charge in [-0.25, -0.2) is 0 Å². The number of hydrogen-bond acceptors (Lipinski definition) is 3. The molecule has 0 heterocycles. The first-order valence-electron chi connectivity index (χ1n) is 14.0. The fourth-order valence-electron chi connectivity index (χ4n) is 9.53. The molecule has 3 nitrogen and oxygen atoms in total. The fraction of sp³-hybridized carbons (Fsp3) is 0.931. The number of Topliss-reactive ketones (excluding diaryl/α,β-unsaturated/α-hetero) is 1. The number of esters is 1. The van der Waals surface area contributed by atoms with E-state index in [4.69, 9.17) is 4.74 Å². The summed E-state index contributed by atoms with van der Waals surface area (Å²) in [5, 5.41) is 0. The van der Waals surface area contributed by atoms with Crippen molar-refractivity contribution < 1.29 is 14.3 Å². The van der Waals surface area contributed by atoms with Crippen LogP contribution in [0.15, 0.2) is 0 Å². The Morgan fingerprint density at radius 2 is 1.69 bits per heavy atom. The van der Waals surface area contributed by atoms with Crippen molar-refractivity contribution in [3.63, 3.8) is 0 Å². The third-order valence-electron chi connectivity index (χ3n) is 11.6. The summed E-state index contributed by atoms with van der Waals surface area (Å²) in [4.78, 5) is 25.1. The van der Waals surface area contributed by atoms with Gasteiger partial charge in [0.25, 0.3) is 0 Å². The first kappa shape index (κ1) is 22.9. The average molecular weight is 443 g/mol. The molecule has 5 aliphatic carbocycles. The smallest absolute Gasteiger partial charge is 0.306 e. The molecule has 5 aliphatic rings. The Labute approximate surface area is 195 Å². The second-order valence-electron chi connectivity index (χ2n) is 13.1. The molecule has 0 aromatic carbocycles. The monoisotopic (exact) mass is 442 g/mol. The molecule has 0 spiro atoms. The number of hydrogen-bond donors (Lipinski definition) is 0. The molecule has 0 bridgehead atoms. The normalized spacial score (nSPS) is 45.5. The fourth-order valence-corrected chi connectivity index (χ4v) is 9.53. The lowest BCUT2D eigenvalue weighted by Crippen LogP contribution is -2.54. The molecule has 0 radical (unpaired) electrons. The van der Waals surface area contributed by atoms with Crippen molar-refractivity contribution >= 4 is 11.8 Å². The van der Waals surface area contributed by atoms with Crippen LogP contribution in [0, 0.1) is 46.3 Å². The number of ether oxygens (including phenoxy) is 1. The highest BCUT2D eigenvalue weighted by molar-refractivity contribution is 5.79. The summed E-state index contributed by atoms with van der Waals surface area (Å²) in [7, 11) is 0. The summed E-state index contributed by atoms with van der Waals surface area (Å²) in [5.41, 5.74) is 0.529. The van der Waals surface area contributed by atoms with Crippen LogP contribution in [-0.2, 0) is 14.3 Å². The van der Waals surface area contributed by atoms with Crippen LogP contribution in [0.3, 0.4) is 0 Å². The molecule has 0 amide bonds. The lowest BCUT2D eigenvalue weighted by molar-refractivity contribution is -0.165. The predicted molar refractivity (Wildman–Crippen MR) is 127 cm³/mol. The quantitative estimate of drug-likeness (QED) is 0.435. The minimum absolute atomic E-state index is 0.0681. The topological polar surface area (TPSA) is 43.4 Å². The molecule has 8 atom stereocenters. The Balaban J connectivity index is 1.23. The number of carbonyl (C=O) groups is 2. The van der Waals surface area contributed by atoms with E-state index < -0.39 is 0 Å². The molecule has 0 aliphatic heterocycles. The maximum atomic E-state index is 13.0. The SMILES string of the molecule is CC(CC(=O)O[C@H]1CC[C@H]2[C@@H]3CCC4CC(=O)CC[C@]4(C)[C@H]3CC[C@]12C)C1CCCCC1. The zero-order valence-electron chi connectivity index (χ0n) is 20.9. The number of carbonyl (C=O) groups excluding carboxylic acids is 2. The maximum Gasteiger partial charge on any atom is 0.306 e. The van der Waals surface area contributed by atoms with Gasteiger partial charge in [0.05, 0.1) is 0 Å². The van der Waals surface area contributed by atoms with Gasteiger partial charge in [-0.3, -0.25) is 9.59 Å². The van der Waals surface area contributed by atoms with Crippen molar-refractivity contribution in [2.75, 3.05) is 0 Å². The van der Waals surface area contributed by atoms with Crippen molar-refractivity contribution in [3.8, 4) is 0 Å². The first-order chi connectivity index (χ1) is 15.3. The maximum absolute atomic E-state index is 13.0. The molecule has 5 saturated carbocycles. The van der Waals surface area contributed by atoms with Crippen LogP contribution in [0.4, 0.5) is 0 Å². The van der Waals surface area contributed by atoms with Crippen LogP contribution in [0.1, 0.15) is 117 Å². The highest BCUT2D eigenvalue weighted by Gasteiger charge is 2.61. The van der Waals surface area contributed by atoms with E-state index in [1.807, 2.05) is 0 Å². The summed E-state index contributed by atoms with van der Waals surface area (Å²) in [6.07, 6.45) is 17.4. The lowest BCUT2D eigenvalue weighted by atomic mass is 9.45. The molecule has 2 unspecified atom stereocenters.